The molecule has 1 fully saturated rings. The summed E-state index contributed by atoms with van der Waals surface area (Å²) in [6.45, 7) is 8.74. The molecule has 7 heteroatoms. The van der Waals surface area contributed by atoms with E-state index >= 15 is 0 Å². The van der Waals surface area contributed by atoms with E-state index in [0.29, 0.717) is 5.02 Å². The molecule has 2 amide bonds. The molecule has 2 N–H and O–H groups in total. The highest BCUT2D eigenvalue weighted by Gasteiger charge is 2.31. The number of nitrogens with zero attached hydrogens (tertiary/aromatic N) is 2. The van der Waals surface area contributed by atoms with Gasteiger partial charge in [-0.1, -0.05) is 49.7 Å². The van der Waals surface area contributed by atoms with Crippen LogP contribution in [0.1, 0.15) is 45.2 Å². The molecule has 0 aliphatic carbocycles. The second kappa shape index (κ2) is 10.6. The van der Waals surface area contributed by atoms with Crippen molar-refractivity contribution in [3.63, 3.8) is 0 Å². The molecule has 6 nitrogen and oxygen atoms in total. The van der Waals surface area contributed by atoms with Gasteiger partial charge in [0.25, 0.3) is 0 Å². The lowest BCUT2D eigenvalue weighted by Gasteiger charge is -2.44. The number of para-hydroxylation sites is 1. The number of hydrogen-bond donors (Lipinski definition) is 2. The summed E-state index contributed by atoms with van der Waals surface area (Å²) in [5.41, 5.74) is 3.68. The van der Waals surface area contributed by atoms with Crippen LogP contribution >= 0.6 is 11.6 Å². The third-order valence-electron chi connectivity index (χ3n) is 6.90. The molecule has 0 spiro atoms. The summed E-state index contributed by atoms with van der Waals surface area (Å²) in [6, 6.07) is 14.0. The van der Waals surface area contributed by atoms with Crippen LogP contribution < -0.4 is 15.5 Å². The van der Waals surface area contributed by atoms with E-state index in [2.05, 4.69) is 33.4 Å². The number of hydrogen-bond acceptors (Lipinski definition) is 4. The minimum Gasteiger partial charge on any atom is -0.365 e. The lowest BCUT2D eigenvalue weighted by atomic mass is 10.0. The van der Waals surface area contributed by atoms with E-state index in [4.69, 9.17) is 11.6 Å². The van der Waals surface area contributed by atoms with E-state index in [9.17, 15) is 9.59 Å². The lowest BCUT2D eigenvalue weighted by molar-refractivity contribution is -0.120. The highest BCUT2D eigenvalue weighted by molar-refractivity contribution is 6.33. The van der Waals surface area contributed by atoms with Crippen molar-refractivity contribution in [2.24, 2.45) is 5.92 Å². The number of carbonyl (C=O) groups excluding carboxylic acids is 2. The molecule has 2 aromatic carbocycles. The number of piperazine rings is 1. The third-order valence-corrected chi connectivity index (χ3v) is 7.20. The van der Waals surface area contributed by atoms with Gasteiger partial charge in [-0.05, 0) is 49.6 Å². The Bertz CT molecular complexity index is 1080. The summed E-state index contributed by atoms with van der Waals surface area (Å²) >= 11 is 6.68. The van der Waals surface area contributed by atoms with Gasteiger partial charge in [0.1, 0.15) is 0 Å². The highest BCUT2D eigenvalue weighted by Crippen LogP contribution is 2.36. The number of benzene rings is 2. The van der Waals surface area contributed by atoms with Crippen LogP contribution in [0.3, 0.4) is 0 Å². The Morgan fingerprint density at radius 1 is 1.18 bits per heavy atom. The zero-order valence-corrected chi connectivity index (χ0v) is 20.8. The monoisotopic (exact) mass is 480 g/mol. The Balaban J connectivity index is 1.47. The van der Waals surface area contributed by atoms with Gasteiger partial charge in [-0.3, -0.25) is 14.5 Å². The molecule has 2 atom stereocenters. The van der Waals surface area contributed by atoms with Gasteiger partial charge in [-0.15, -0.1) is 0 Å². The second-order valence-electron chi connectivity index (χ2n) is 9.09. The van der Waals surface area contributed by atoms with E-state index in [1.54, 1.807) is 6.08 Å². The van der Waals surface area contributed by atoms with E-state index in [1.165, 1.54) is 0 Å². The summed E-state index contributed by atoms with van der Waals surface area (Å²) < 4.78 is 0. The largest absolute Gasteiger partial charge is 0.365 e. The van der Waals surface area contributed by atoms with Crippen LogP contribution in [0.2, 0.25) is 5.02 Å². The van der Waals surface area contributed by atoms with Gasteiger partial charge >= 0.3 is 0 Å². The Hall–Kier alpha value is -2.83. The molecule has 0 bridgehead atoms. The van der Waals surface area contributed by atoms with Gasteiger partial charge in [0.15, 0.2) is 0 Å². The lowest BCUT2D eigenvalue weighted by Crippen LogP contribution is -2.52. The number of carbonyl (C=O) groups is 2. The van der Waals surface area contributed by atoms with Crippen LogP contribution in [0.15, 0.2) is 54.6 Å². The Labute approximate surface area is 207 Å². The van der Waals surface area contributed by atoms with Gasteiger partial charge in [0.05, 0.1) is 16.8 Å². The maximum atomic E-state index is 12.4. The first-order valence-electron chi connectivity index (χ1n) is 12.1. The molecule has 2 heterocycles. The van der Waals surface area contributed by atoms with Crippen molar-refractivity contribution in [1.82, 2.24) is 4.90 Å². The summed E-state index contributed by atoms with van der Waals surface area (Å²) in [4.78, 5) is 29.3. The molecule has 0 radical (unpaired) electrons. The van der Waals surface area contributed by atoms with Crippen molar-refractivity contribution in [2.75, 3.05) is 35.2 Å². The van der Waals surface area contributed by atoms with E-state index in [1.807, 2.05) is 56.3 Å². The predicted octanol–water partition coefficient (Wildman–Crippen LogP) is 5.47. The molecule has 180 valence electrons. The molecule has 1 saturated heterocycles. The van der Waals surface area contributed by atoms with Crippen LogP contribution in [-0.2, 0) is 9.59 Å². The van der Waals surface area contributed by atoms with E-state index in [0.717, 1.165) is 55.1 Å². The fourth-order valence-electron chi connectivity index (χ4n) is 4.96. The average Bonchev–Trinajstić information content (AvgIpc) is 2.98. The van der Waals surface area contributed by atoms with Crippen LogP contribution in [0.5, 0.6) is 0 Å². The predicted molar refractivity (Wildman–Crippen MR) is 139 cm³/mol. The first-order valence-corrected chi connectivity index (χ1v) is 12.5. The smallest absolute Gasteiger partial charge is 0.248 e. The zero-order chi connectivity index (χ0) is 24.2. The number of amides is 2. The fourth-order valence-corrected chi connectivity index (χ4v) is 5.25. The molecular formula is C27H33ClN4O2. The van der Waals surface area contributed by atoms with Crippen molar-refractivity contribution in [2.45, 2.75) is 45.7 Å². The molecule has 2 aromatic rings. The van der Waals surface area contributed by atoms with Crippen LogP contribution in [0.25, 0.3) is 0 Å². The number of nitrogens with one attached hydrogen (secondary N) is 2. The number of fused-ring (bicyclic) bond motifs is 1. The van der Waals surface area contributed by atoms with Crippen LogP contribution in [-0.4, -0.2) is 42.4 Å². The van der Waals surface area contributed by atoms with Crippen molar-refractivity contribution >= 4 is 40.5 Å². The summed E-state index contributed by atoms with van der Waals surface area (Å²) in [5.74, 6) is -0.0366. The molecule has 0 saturated carbocycles. The summed E-state index contributed by atoms with van der Waals surface area (Å²) in [7, 11) is 0. The first kappa shape index (κ1) is 24.3. The number of rotatable bonds is 6. The molecule has 4 rings (SSSR count). The van der Waals surface area contributed by atoms with E-state index in [-0.39, 0.29) is 29.8 Å². The van der Waals surface area contributed by atoms with Gasteiger partial charge < -0.3 is 15.5 Å². The second-order valence-corrected chi connectivity index (χ2v) is 9.49. The van der Waals surface area contributed by atoms with Gasteiger partial charge in [-0.25, -0.2) is 0 Å². The molecule has 2 unspecified atom stereocenters. The maximum absolute atomic E-state index is 12.4. The minimum atomic E-state index is -0.0928. The van der Waals surface area contributed by atoms with Gasteiger partial charge in [-0.2, -0.15) is 0 Å². The first-order chi connectivity index (χ1) is 16.4. The van der Waals surface area contributed by atoms with Crippen molar-refractivity contribution in [3.05, 3.63) is 65.2 Å². The standard InChI is InChI=1S/C27H33ClN4O2/c1-4-19(5-2)27(34)29-20-10-11-25(22(28)16-20)32-15-14-31(17-18(32)3)24-12-13-26(33)30-23-9-7-6-8-21(23)24/h6-13,16,18-19,24H,4-5,14-15,17H2,1-3H3,(H,29,34)(H,30,33). The minimum absolute atomic E-state index is 0.0141. The summed E-state index contributed by atoms with van der Waals surface area (Å²) in [5, 5.41) is 6.61. The molecule has 2 aliphatic rings. The maximum Gasteiger partial charge on any atom is 0.248 e. The van der Waals surface area contributed by atoms with Crippen LogP contribution in [0, 0.1) is 5.92 Å². The normalized spacial score (nSPS) is 20.6. The molecule has 2 aliphatic heterocycles. The van der Waals surface area contributed by atoms with Gasteiger partial charge in [0, 0.05) is 49.0 Å². The topological polar surface area (TPSA) is 64.7 Å². The molecular weight excluding hydrogens is 448 g/mol. The SMILES string of the molecule is CCC(CC)C(=O)Nc1ccc(N2CCN(C3C=CC(=O)Nc4ccccc43)CC2C)c(Cl)c1. The van der Waals surface area contributed by atoms with Crippen LogP contribution in [0.4, 0.5) is 17.1 Å². The molecule has 34 heavy (non-hydrogen) atoms. The fraction of sp³-hybridized carbons (Fsp3) is 0.407. The summed E-state index contributed by atoms with van der Waals surface area (Å²) in [6.07, 6.45) is 5.27. The van der Waals surface area contributed by atoms with E-state index < -0.39 is 0 Å². The van der Waals surface area contributed by atoms with Gasteiger partial charge in [0.2, 0.25) is 11.8 Å². The average molecular weight is 481 g/mol. The van der Waals surface area contributed by atoms with Crippen molar-refractivity contribution < 1.29 is 9.59 Å². The zero-order valence-electron chi connectivity index (χ0n) is 20.1. The van der Waals surface area contributed by atoms with Crippen molar-refractivity contribution in [3.8, 4) is 0 Å². The number of halogens is 1. The Morgan fingerprint density at radius 3 is 2.65 bits per heavy atom. The van der Waals surface area contributed by atoms with Crippen molar-refractivity contribution in [1.29, 1.82) is 0 Å². The quantitative estimate of drug-likeness (QED) is 0.575. The third kappa shape index (κ3) is 5.13. The number of anilines is 3. The Kier molecular flexibility index (Phi) is 7.59. The highest BCUT2D eigenvalue weighted by atomic mass is 35.5. The molecule has 0 aromatic heterocycles. The Morgan fingerprint density at radius 2 is 1.94 bits per heavy atom.